The van der Waals surface area contributed by atoms with E-state index in [1.165, 1.54) is 0 Å². The predicted octanol–water partition coefficient (Wildman–Crippen LogP) is 3.09. The Kier molecular flexibility index (Phi) is 2.68. The quantitative estimate of drug-likeness (QED) is 0.660. The zero-order chi connectivity index (χ0) is 12.6. The molecule has 2 aromatic carbocycles. The molecule has 0 atom stereocenters. The maximum Gasteiger partial charge on any atom is 0.165 e. The van der Waals surface area contributed by atoms with Crippen LogP contribution in [0.15, 0.2) is 30.3 Å². The average Bonchev–Trinajstić information content (AvgIpc) is 2.32. The number of para-hydroxylation sites is 1. The van der Waals surface area contributed by atoms with E-state index in [9.17, 15) is 15.3 Å². The molecule has 2 aromatic rings. The van der Waals surface area contributed by atoms with E-state index in [0.29, 0.717) is 16.7 Å². The van der Waals surface area contributed by atoms with Crippen LogP contribution in [0, 0.1) is 13.8 Å². The van der Waals surface area contributed by atoms with Gasteiger partial charge in [-0.3, -0.25) is 0 Å². The van der Waals surface area contributed by atoms with Gasteiger partial charge in [0.15, 0.2) is 11.5 Å². The van der Waals surface area contributed by atoms with E-state index in [1.807, 2.05) is 6.92 Å². The molecule has 17 heavy (non-hydrogen) atoms. The topological polar surface area (TPSA) is 60.7 Å². The summed E-state index contributed by atoms with van der Waals surface area (Å²) >= 11 is 0. The molecule has 0 aliphatic carbocycles. The van der Waals surface area contributed by atoms with E-state index < -0.39 is 0 Å². The van der Waals surface area contributed by atoms with Crippen LogP contribution in [0.5, 0.6) is 17.2 Å². The van der Waals surface area contributed by atoms with Gasteiger partial charge in [0.05, 0.1) is 0 Å². The monoisotopic (exact) mass is 230 g/mol. The number of phenolic OH excluding ortho intramolecular Hbond substituents is 3. The second kappa shape index (κ2) is 4.01. The third kappa shape index (κ3) is 1.80. The Hall–Kier alpha value is -2.16. The highest BCUT2D eigenvalue weighted by Crippen LogP contribution is 2.42. The van der Waals surface area contributed by atoms with Gasteiger partial charge in [0, 0.05) is 11.1 Å². The van der Waals surface area contributed by atoms with Gasteiger partial charge in [-0.25, -0.2) is 0 Å². The summed E-state index contributed by atoms with van der Waals surface area (Å²) < 4.78 is 0. The Labute approximate surface area is 99.6 Å². The molecule has 3 nitrogen and oxygen atoms in total. The van der Waals surface area contributed by atoms with Gasteiger partial charge in [0.2, 0.25) is 0 Å². The minimum Gasteiger partial charge on any atom is -0.507 e. The maximum absolute atomic E-state index is 9.92. The van der Waals surface area contributed by atoms with Crippen LogP contribution in [0.2, 0.25) is 0 Å². The number of phenols is 3. The molecule has 0 saturated heterocycles. The van der Waals surface area contributed by atoms with Crippen LogP contribution in [-0.2, 0) is 0 Å². The molecule has 0 saturated carbocycles. The number of benzene rings is 2. The molecule has 0 fully saturated rings. The van der Waals surface area contributed by atoms with E-state index in [-0.39, 0.29) is 17.2 Å². The summed E-state index contributed by atoms with van der Waals surface area (Å²) in [4.78, 5) is 0. The summed E-state index contributed by atoms with van der Waals surface area (Å²) in [6, 6.07) is 8.45. The molecule has 0 aliphatic rings. The lowest BCUT2D eigenvalue weighted by Gasteiger charge is -2.12. The SMILES string of the molecule is Cc1cc(-c2ccccc2O)c(O)c(O)c1C. The first-order chi connectivity index (χ1) is 8.02. The molecular formula is C14H14O3. The van der Waals surface area contributed by atoms with Crippen LogP contribution in [0.1, 0.15) is 11.1 Å². The third-order valence-electron chi connectivity index (χ3n) is 2.98. The van der Waals surface area contributed by atoms with Crippen molar-refractivity contribution in [2.75, 3.05) is 0 Å². The van der Waals surface area contributed by atoms with Crippen molar-refractivity contribution in [2.24, 2.45) is 0 Å². The molecule has 0 amide bonds. The number of hydrogen-bond donors (Lipinski definition) is 3. The third-order valence-corrected chi connectivity index (χ3v) is 2.98. The van der Waals surface area contributed by atoms with Crippen molar-refractivity contribution >= 4 is 0 Å². The minimum atomic E-state index is -0.199. The van der Waals surface area contributed by atoms with Gasteiger partial charge in [-0.15, -0.1) is 0 Å². The Bertz CT molecular complexity index is 574. The largest absolute Gasteiger partial charge is 0.507 e. The summed E-state index contributed by atoms with van der Waals surface area (Å²) in [5.74, 6) is -0.261. The van der Waals surface area contributed by atoms with Crippen molar-refractivity contribution in [3.05, 3.63) is 41.5 Å². The molecule has 0 unspecified atom stereocenters. The number of hydrogen-bond acceptors (Lipinski definition) is 3. The summed E-state index contributed by atoms with van der Waals surface area (Å²) in [6.07, 6.45) is 0. The standard InChI is InChI=1S/C14H14O3/c1-8-7-11(14(17)13(16)9(8)2)10-5-3-4-6-12(10)15/h3-7,15-17H,1-2H3. The van der Waals surface area contributed by atoms with Crippen LogP contribution in [0.3, 0.4) is 0 Å². The molecule has 88 valence electrons. The summed E-state index contributed by atoms with van der Waals surface area (Å²) in [5.41, 5.74) is 2.44. The van der Waals surface area contributed by atoms with Crippen LogP contribution >= 0.6 is 0 Å². The highest BCUT2D eigenvalue weighted by molar-refractivity contribution is 5.79. The van der Waals surface area contributed by atoms with E-state index >= 15 is 0 Å². The highest BCUT2D eigenvalue weighted by atomic mass is 16.3. The fraction of sp³-hybridized carbons (Fsp3) is 0.143. The van der Waals surface area contributed by atoms with Crippen molar-refractivity contribution in [1.82, 2.24) is 0 Å². The first-order valence-corrected chi connectivity index (χ1v) is 5.33. The van der Waals surface area contributed by atoms with E-state index in [0.717, 1.165) is 5.56 Å². The zero-order valence-corrected chi connectivity index (χ0v) is 9.73. The molecule has 0 bridgehead atoms. The van der Waals surface area contributed by atoms with Gasteiger partial charge in [0.25, 0.3) is 0 Å². The smallest absolute Gasteiger partial charge is 0.165 e. The average molecular weight is 230 g/mol. The number of aromatic hydroxyl groups is 3. The van der Waals surface area contributed by atoms with Crippen LogP contribution in [0.4, 0.5) is 0 Å². The van der Waals surface area contributed by atoms with Crippen LogP contribution < -0.4 is 0 Å². The second-order valence-electron chi connectivity index (χ2n) is 4.08. The highest BCUT2D eigenvalue weighted by Gasteiger charge is 2.15. The molecule has 0 spiro atoms. The number of rotatable bonds is 1. The first-order valence-electron chi connectivity index (χ1n) is 5.33. The molecular weight excluding hydrogens is 216 g/mol. The maximum atomic E-state index is 9.92. The number of aryl methyl sites for hydroxylation is 1. The van der Waals surface area contributed by atoms with Gasteiger partial charge in [-0.2, -0.15) is 0 Å². The summed E-state index contributed by atoms with van der Waals surface area (Å²) in [5, 5.41) is 29.5. The fourth-order valence-corrected chi connectivity index (χ4v) is 1.79. The normalized spacial score (nSPS) is 10.5. The molecule has 0 aliphatic heterocycles. The zero-order valence-electron chi connectivity index (χ0n) is 9.73. The van der Waals surface area contributed by atoms with E-state index in [4.69, 9.17) is 0 Å². The Balaban J connectivity index is 2.73. The van der Waals surface area contributed by atoms with Gasteiger partial charge in [0.1, 0.15) is 5.75 Å². The minimum absolute atomic E-state index is 0.0745. The summed E-state index contributed by atoms with van der Waals surface area (Å²) in [7, 11) is 0. The second-order valence-corrected chi connectivity index (χ2v) is 4.08. The Morgan fingerprint density at radius 1 is 0.824 bits per heavy atom. The Morgan fingerprint density at radius 2 is 1.47 bits per heavy atom. The van der Waals surface area contributed by atoms with Gasteiger partial charge in [-0.05, 0) is 37.1 Å². The molecule has 0 aromatic heterocycles. The van der Waals surface area contributed by atoms with E-state index in [1.54, 1.807) is 37.3 Å². The lowest BCUT2D eigenvalue weighted by molar-refractivity contribution is 0.401. The van der Waals surface area contributed by atoms with Gasteiger partial charge in [-0.1, -0.05) is 18.2 Å². The fourth-order valence-electron chi connectivity index (χ4n) is 1.79. The predicted molar refractivity (Wildman–Crippen MR) is 66.3 cm³/mol. The van der Waals surface area contributed by atoms with Crippen molar-refractivity contribution < 1.29 is 15.3 Å². The molecule has 3 heteroatoms. The first kappa shape index (κ1) is 11.3. The van der Waals surface area contributed by atoms with Crippen molar-refractivity contribution in [1.29, 1.82) is 0 Å². The summed E-state index contributed by atoms with van der Waals surface area (Å²) in [6.45, 7) is 3.58. The lowest BCUT2D eigenvalue weighted by atomic mass is 9.97. The molecule has 2 rings (SSSR count). The van der Waals surface area contributed by atoms with Crippen molar-refractivity contribution in [3.63, 3.8) is 0 Å². The Morgan fingerprint density at radius 3 is 2.12 bits per heavy atom. The van der Waals surface area contributed by atoms with Gasteiger partial charge < -0.3 is 15.3 Å². The van der Waals surface area contributed by atoms with Crippen molar-refractivity contribution in [2.45, 2.75) is 13.8 Å². The van der Waals surface area contributed by atoms with Crippen LogP contribution in [0.25, 0.3) is 11.1 Å². The molecule has 3 N–H and O–H groups in total. The molecule has 0 heterocycles. The van der Waals surface area contributed by atoms with Crippen LogP contribution in [-0.4, -0.2) is 15.3 Å². The molecule has 0 radical (unpaired) electrons. The van der Waals surface area contributed by atoms with E-state index in [2.05, 4.69) is 0 Å². The van der Waals surface area contributed by atoms with Gasteiger partial charge >= 0.3 is 0 Å². The lowest BCUT2D eigenvalue weighted by Crippen LogP contribution is -1.87. The van der Waals surface area contributed by atoms with Crippen molar-refractivity contribution in [3.8, 4) is 28.4 Å².